The van der Waals surface area contributed by atoms with E-state index in [1.807, 2.05) is 42.1 Å². The van der Waals surface area contributed by atoms with E-state index in [9.17, 15) is 4.79 Å². The molecular weight excluding hydrogens is 320 g/mol. The molecule has 3 aromatic heterocycles. The molecule has 0 unspecified atom stereocenters. The van der Waals surface area contributed by atoms with Gasteiger partial charge in [0.15, 0.2) is 0 Å². The minimum Gasteiger partial charge on any atom is -0.318 e. The monoisotopic (exact) mass is 338 g/mol. The summed E-state index contributed by atoms with van der Waals surface area (Å²) >= 11 is 1.47. The SMILES string of the molecule is Cc1nn(C2CCC2)cc1NC(=O)c1ccc(-c2cccnc2)s1. The maximum atomic E-state index is 12.5. The Bertz CT molecular complexity index is 864. The molecule has 5 nitrogen and oxygen atoms in total. The Hall–Kier alpha value is -2.47. The van der Waals surface area contributed by atoms with Gasteiger partial charge in [-0.1, -0.05) is 6.07 Å². The Morgan fingerprint density at radius 2 is 2.21 bits per heavy atom. The van der Waals surface area contributed by atoms with Gasteiger partial charge in [-0.05, 0) is 44.4 Å². The predicted octanol–water partition coefficient (Wildman–Crippen LogP) is 4.29. The number of aryl methyl sites for hydroxylation is 1. The van der Waals surface area contributed by atoms with Gasteiger partial charge in [0.05, 0.1) is 22.3 Å². The van der Waals surface area contributed by atoms with Gasteiger partial charge in [-0.25, -0.2) is 0 Å². The molecule has 122 valence electrons. The number of hydrogen-bond acceptors (Lipinski definition) is 4. The Balaban J connectivity index is 1.50. The highest BCUT2D eigenvalue weighted by Gasteiger charge is 2.22. The molecule has 1 N–H and O–H groups in total. The van der Waals surface area contributed by atoms with Crippen LogP contribution >= 0.6 is 11.3 Å². The fraction of sp³-hybridized carbons (Fsp3) is 0.278. The first-order valence-corrected chi connectivity index (χ1v) is 8.90. The summed E-state index contributed by atoms with van der Waals surface area (Å²) < 4.78 is 1.99. The van der Waals surface area contributed by atoms with Crippen LogP contribution in [0.4, 0.5) is 5.69 Å². The molecule has 24 heavy (non-hydrogen) atoms. The van der Waals surface area contributed by atoms with E-state index in [2.05, 4.69) is 15.4 Å². The van der Waals surface area contributed by atoms with Crippen LogP contribution in [-0.2, 0) is 0 Å². The summed E-state index contributed by atoms with van der Waals surface area (Å²) in [6.07, 6.45) is 9.11. The summed E-state index contributed by atoms with van der Waals surface area (Å²) in [6, 6.07) is 8.20. The Kier molecular flexibility index (Phi) is 3.90. The van der Waals surface area contributed by atoms with E-state index in [-0.39, 0.29) is 5.91 Å². The van der Waals surface area contributed by atoms with Crippen molar-refractivity contribution < 1.29 is 4.79 Å². The Morgan fingerprint density at radius 1 is 1.33 bits per heavy atom. The number of hydrogen-bond donors (Lipinski definition) is 1. The fourth-order valence-corrected chi connectivity index (χ4v) is 3.64. The molecule has 4 rings (SSSR count). The van der Waals surface area contributed by atoms with Crippen molar-refractivity contribution in [3.63, 3.8) is 0 Å². The van der Waals surface area contributed by atoms with Crippen LogP contribution in [0.25, 0.3) is 10.4 Å². The first kappa shape index (κ1) is 15.1. The Morgan fingerprint density at radius 3 is 2.92 bits per heavy atom. The minimum atomic E-state index is -0.0913. The normalized spacial score (nSPS) is 14.4. The van der Waals surface area contributed by atoms with Crippen LogP contribution in [0.1, 0.15) is 40.7 Å². The smallest absolute Gasteiger partial charge is 0.265 e. The maximum absolute atomic E-state index is 12.5. The number of nitrogens with one attached hydrogen (secondary N) is 1. The zero-order valence-electron chi connectivity index (χ0n) is 13.4. The van der Waals surface area contributed by atoms with E-state index in [4.69, 9.17) is 0 Å². The second-order valence-corrected chi connectivity index (χ2v) is 7.14. The van der Waals surface area contributed by atoms with Crippen molar-refractivity contribution >= 4 is 22.9 Å². The summed E-state index contributed by atoms with van der Waals surface area (Å²) in [6.45, 7) is 1.93. The molecule has 3 aromatic rings. The molecule has 1 saturated carbocycles. The quantitative estimate of drug-likeness (QED) is 0.772. The van der Waals surface area contributed by atoms with Gasteiger partial charge in [-0.3, -0.25) is 14.5 Å². The fourth-order valence-electron chi connectivity index (χ4n) is 2.75. The van der Waals surface area contributed by atoms with Gasteiger partial charge in [0.1, 0.15) is 0 Å². The molecule has 0 spiro atoms. The van der Waals surface area contributed by atoms with Gasteiger partial charge in [-0.15, -0.1) is 11.3 Å². The van der Waals surface area contributed by atoms with Crippen molar-refractivity contribution in [1.82, 2.24) is 14.8 Å². The minimum absolute atomic E-state index is 0.0913. The van der Waals surface area contributed by atoms with Crippen molar-refractivity contribution in [1.29, 1.82) is 0 Å². The predicted molar refractivity (Wildman–Crippen MR) is 95.4 cm³/mol. The first-order chi connectivity index (χ1) is 11.7. The second-order valence-electron chi connectivity index (χ2n) is 6.05. The summed E-state index contributed by atoms with van der Waals surface area (Å²) in [4.78, 5) is 18.4. The highest BCUT2D eigenvalue weighted by atomic mass is 32.1. The molecule has 0 radical (unpaired) electrons. The summed E-state index contributed by atoms with van der Waals surface area (Å²) in [5.41, 5.74) is 2.68. The largest absolute Gasteiger partial charge is 0.318 e. The highest BCUT2D eigenvalue weighted by Crippen LogP contribution is 2.32. The molecule has 6 heteroatoms. The van der Waals surface area contributed by atoms with Crippen LogP contribution < -0.4 is 5.32 Å². The van der Waals surface area contributed by atoms with Crippen LogP contribution in [0, 0.1) is 6.92 Å². The Labute approximate surface area is 144 Å². The van der Waals surface area contributed by atoms with E-state index in [1.165, 1.54) is 30.6 Å². The van der Waals surface area contributed by atoms with Gasteiger partial charge in [-0.2, -0.15) is 5.10 Å². The number of aromatic nitrogens is 3. The van der Waals surface area contributed by atoms with E-state index in [0.29, 0.717) is 10.9 Å². The number of rotatable bonds is 4. The van der Waals surface area contributed by atoms with Gasteiger partial charge in [0, 0.05) is 29.0 Å². The molecule has 0 aromatic carbocycles. The highest BCUT2D eigenvalue weighted by molar-refractivity contribution is 7.17. The molecule has 0 aliphatic heterocycles. The number of anilines is 1. The molecule has 3 heterocycles. The van der Waals surface area contributed by atoms with Gasteiger partial charge < -0.3 is 5.32 Å². The lowest BCUT2D eigenvalue weighted by Gasteiger charge is -2.25. The molecular formula is C18H18N4OS. The summed E-state index contributed by atoms with van der Waals surface area (Å²) in [5, 5.41) is 7.52. The lowest BCUT2D eigenvalue weighted by atomic mass is 9.93. The number of carbonyl (C=O) groups is 1. The zero-order valence-corrected chi connectivity index (χ0v) is 14.2. The average molecular weight is 338 g/mol. The molecule has 1 amide bonds. The van der Waals surface area contributed by atoms with Crippen molar-refractivity contribution in [2.75, 3.05) is 5.32 Å². The third-order valence-electron chi connectivity index (χ3n) is 4.39. The van der Waals surface area contributed by atoms with Crippen molar-refractivity contribution in [3.05, 3.63) is 53.4 Å². The molecule has 1 fully saturated rings. The zero-order chi connectivity index (χ0) is 16.5. The molecule has 0 saturated heterocycles. The number of amides is 1. The second kappa shape index (κ2) is 6.20. The average Bonchev–Trinajstić information content (AvgIpc) is 3.15. The van der Waals surface area contributed by atoms with E-state index in [0.717, 1.165) is 21.8 Å². The number of carbonyl (C=O) groups excluding carboxylic acids is 1. The first-order valence-electron chi connectivity index (χ1n) is 8.08. The van der Waals surface area contributed by atoms with Crippen molar-refractivity contribution in [2.24, 2.45) is 0 Å². The summed E-state index contributed by atoms with van der Waals surface area (Å²) in [7, 11) is 0. The topological polar surface area (TPSA) is 59.8 Å². The molecule has 1 aliphatic rings. The van der Waals surface area contributed by atoms with Crippen molar-refractivity contribution in [3.8, 4) is 10.4 Å². The van der Waals surface area contributed by atoms with E-state index >= 15 is 0 Å². The van der Waals surface area contributed by atoms with Crippen LogP contribution in [0.5, 0.6) is 0 Å². The molecule has 1 aliphatic carbocycles. The van der Waals surface area contributed by atoms with Gasteiger partial charge >= 0.3 is 0 Å². The maximum Gasteiger partial charge on any atom is 0.265 e. The van der Waals surface area contributed by atoms with E-state index in [1.54, 1.807) is 12.4 Å². The van der Waals surface area contributed by atoms with Crippen LogP contribution in [-0.4, -0.2) is 20.7 Å². The van der Waals surface area contributed by atoms with Crippen LogP contribution in [0.3, 0.4) is 0 Å². The number of thiophene rings is 1. The van der Waals surface area contributed by atoms with Crippen LogP contribution in [0.2, 0.25) is 0 Å². The molecule has 0 atom stereocenters. The molecule has 0 bridgehead atoms. The number of nitrogens with zero attached hydrogens (tertiary/aromatic N) is 3. The van der Waals surface area contributed by atoms with Crippen molar-refractivity contribution in [2.45, 2.75) is 32.2 Å². The third-order valence-corrected chi connectivity index (χ3v) is 5.52. The lowest BCUT2D eigenvalue weighted by Crippen LogP contribution is -2.17. The number of pyridine rings is 1. The lowest BCUT2D eigenvalue weighted by molar-refractivity contribution is 0.103. The third kappa shape index (κ3) is 2.85. The van der Waals surface area contributed by atoms with E-state index < -0.39 is 0 Å². The standard InChI is InChI=1S/C18H18N4OS/c1-12-15(11-22(21-12)14-5-2-6-14)20-18(23)17-8-7-16(24-17)13-4-3-9-19-10-13/h3-4,7-11,14H,2,5-6H2,1H3,(H,20,23). The van der Waals surface area contributed by atoms with Gasteiger partial charge in [0.2, 0.25) is 0 Å². The van der Waals surface area contributed by atoms with Gasteiger partial charge in [0.25, 0.3) is 5.91 Å². The van der Waals surface area contributed by atoms with Crippen LogP contribution in [0.15, 0.2) is 42.9 Å². The summed E-state index contributed by atoms with van der Waals surface area (Å²) in [5.74, 6) is -0.0913.